The second kappa shape index (κ2) is 7.98. The summed E-state index contributed by atoms with van der Waals surface area (Å²) in [7, 11) is 5.07. The largest absolute Gasteiger partial charge is 0.497 e. The van der Waals surface area contributed by atoms with Gasteiger partial charge in [-0.25, -0.2) is 0 Å². The van der Waals surface area contributed by atoms with E-state index in [4.69, 9.17) is 4.74 Å². The van der Waals surface area contributed by atoms with Gasteiger partial charge in [-0.3, -0.25) is 19.4 Å². The minimum atomic E-state index is -0.878. The van der Waals surface area contributed by atoms with E-state index >= 15 is 0 Å². The number of benzene rings is 1. The Kier molecular flexibility index (Phi) is 5.67. The van der Waals surface area contributed by atoms with E-state index < -0.39 is 12.0 Å². The van der Waals surface area contributed by atoms with Crippen molar-refractivity contribution in [1.82, 2.24) is 19.7 Å². The summed E-state index contributed by atoms with van der Waals surface area (Å²) in [5.74, 6) is -0.127. The van der Waals surface area contributed by atoms with E-state index in [0.717, 1.165) is 16.5 Å². The van der Waals surface area contributed by atoms with Gasteiger partial charge in [-0.1, -0.05) is 0 Å². The molecule has 2 heterocycles. The first-order valence-electron chi connectivity index (χ1n) is 8.95. The van der Waals surface area contributed by atoms with E-state index in [1.807, 2.05) is 23.1 Å². The van der Waals surface area contributed by atoms with Crippen LogP contribution in [0, 0.1) is 0 Å². The number of carbonyl (C=O) groups excluding carboxylic acids is 1. The maximum absolute atomic E-state index is 12.1. The van der Waals surface area contributed by atoms with E-state index in [2.05, 4.69) is 9.88 Å². The number of aromatic amines is 1. The Balaban J connectivity index is 1.78. The number of aliphatic carboxylic acids is 1. The van der Waals surface area contributed by atoms with Crippen molar-refractivity contribution in [2.45, 2.75) is 6.04 Å². The number of carboxylic acids is 1. The van der Waals surface area contributed by atoms with Gasteiger partial charge in [0.05, 0.1) is 13.7 Å². The molecule has 1 amide bonds. The third-order valence-electron chi connectivity index (χ3n) is 5.08. The van der Waals surface area contributed by atoms with Gasteiger partial charge < -0.3 is 19.7 Å². The maximum atomic E-state index is 12.1. The van der Waals surface area contributed by atoms with Gasteiger partial charge in [-0.2, -0.15) is 0 Å². The molecule has 1 fully saturated rings. The fourth-order valence-electron chi connectivity index (χ4n) is 3.47. The minimum absolute atomic E-state index is 0.0574. The molecule has 27 heavy (non-hydrogen) atoms. The molecule has 1 aliphatic heterocycles. The number of nitrogens with zero attached hydrogens (tertiary/aromatic N) is 3. The monoisotopic (exact) mass is 374 g/mol. The molecule has 0 radical (unpaired) electrons. The van der Waals surface area contributed by atoms with Crippen molar-refractivity contribution in [1.29, 1.82) is 0 Å². The summed E-state index contributed by atoms with van der Waals surface area (Å²) in [5, 5.41) is 10.8. The lowest BCUT2D eigenvalue weighted by molar-refractivity contribution is -0.145. The number of ether oxygens (including phenoxy) is 1. The third kappa shape index (κ3) is 4.06. The lowest BCUT2D eigenvalue weighted by atomic mass is 10.0. The Labute approximate surface area is 158 Å². The number of carboxylic acid groups (broad SMARTS) is 1. The Bertz CT molecular complexity index is 824. The molecule has 2 N–H and O–H groups in total. The Hall–Kier alpha value is -2.58. The summed E-state index contributed by atoms with van der Waals surface area (Å²) in [6.07, 6.45) is 1.77. The van der Waals surface area contributed by atoms with Gasteiger partial charge in [-0.15, -0.1) is 0 Å². The molecule has 1 aromatic heterocycles. The molecular weight excluding hydrogens is 348 g/mol. The number of H-pyrrole nitrogens is 1. The van der Waals surface area contributed by atoms with Crippen LogP contribution in [0.4, 0.5) is 0 Å². The van der Waals surface area contributed by atoms with E-state index in [9.17, 15) is 14.7 Å². The van der Waals surface area contributed by atoms with Crippen LogP contribution in [0.1, 0.15) is 11.6 Å². The summed E-state index contributed by atoms with van der Waals surface area (Å²) in [6.45, 7) is 2.87. The summed E-state index contributed by atoms with van der Waals surface area (Å²) in [6, 6.07) is 4.86. The van der Waals surface area contributed by atoms with Crippen LogP contribution in [0.25, 0.3) is 10.9 Å². The minimum Gasteiger partial charge on any atom is -0.497 e. The molecule has 0 unspecified atom stereocenters. The predicted molar refractivity (Wildman–Crippen MR) is 102 cm³/mol. The first-order chi connectivity index (χ1) is 12.9. The Morgan fingerprint density at radius 1 is 1.26 bits per heavy atom. The first kappa shape index (κ1) is 19.2. The van der Waals surface area contributed by atoms with Crippen LogP contribution in [0.15, 0.2) is 24.4 Å². The van der Waals surface area contributed by atoms with Crippen molar-refractivity contribution in [3.63, 3.8) is 0 Å². The second-order valence-electron chi connectivity index (χ2n) is 7.00. The average Bonchev–Trinajstić information content (AvgIpc) is 3.05. The van der Waals surface area contributed by atoms with Crippen molar-refractivity contribution < 1.29 is 19.4 Å². The summed E-state index contributed by atoms with van der Waals surface area (Å²) in [4.78, 5) is 32.7. The predicted octanol–water partition coefficient (Wildman–Crippen LogP) is 1.01. The molecule has 2 aromatic rings. The molecule has 8 nitrogen and oxygen atoms in total. The van der Waals surface area contributed by atoms with Crippen LogP contribution >= 0.6 is 0 Å². The fraction of sp³-hybridized carbons (Fsp3) is 0.474. The summed E-state index contributed by atoms with van der Waals surface area (Å²) in [5.41, 5.74) is 1.61. The molecule has 1 aromatic carbocycles. The van der Waals surface area contributed by atoms with Crippen molar-refractivity contribution in [3.8, 4) is 5.75 Å². The molecule has 8 heteroatoms. The molecule has 0 aliphatic carbocycles. The van der Waals surface area contributed by atoms with Crippen LogP contribution in [0.5, 0.6) is 5.75 Å². The lowest BCUT2D eigenvalue weighted by Gasteiger charge is -2.37. The van der Waals surface area contributed by atoms with Gasteiger partial charge in [-0.05, 0) is 18.2 Å². The number of fused-ring (bicyclic) bond motifs is 1. The van der Waals surface area contributed by atoms with Crippen LogP contribution in [0.3, 0.4) is 0 Å². The highest BCUT2D eigenvalue weighted by Crippen LogP contribution is 2.31. The number of carbonyl (C=O) groups is 2. The molecule has 1 atom stereocenters. The number of aromatic nitrogens is 1. The topological polar surface area (TPSA) is 89.1 Å². The molecule has 0 bridgehead atoms. The van der Waals surface area contributed by atoms with Crippen molar-refractivity contribution in [3.05, 3.63) is 30.0 Å². The zero-order chi connectivity index (χ0) is 19.6. The molecule has 3 rings (SSSR count). The summed E-state index contributed by atoms with van der Waals surface area (Å²) >= 11 is 0. The zero-order valence-electron chi connectivity index (χ0n) is 15.9. The number of piperazine rings is 1. The standard InChI is InChI=1S/C19H26N4O4/c1-21(2)17(24)12-22-6-8-23(9-7-22)18(19(25)26)15-11-20-16-5-4-13(27-3)10-14(15)16/h4-5,10-11,18,20H,6-9,12H2,1-3H3,(H,25,26)/t18-/m1/s1. The lowest BCUT2D eigenvalue weighted by Crippen LogP contribution is -2.51. The van der Waals surface area contributed by atoms with Crippen LogP contribution in [0.2, 0.25) is 0 Å². The number of amides is 1. The quantitative estimate of drug-likeness (QED) is 0.784. The number of likely N-dealkylation sites (N-methyl/N-ethyl adjacent to an activating group) is 1. The van der Waals surface area contributed by atoms with Crippen LogP contribution in [-0.2, 0) is 9.59 Å². The van der Waals surface area contributed by atoms with Gasteiger partial charge >= 0.3 is 5.97 Å². The zero-order valence-corrected chi connectivity index (χ0v) is 15.9. The number of rotatable bonds is 6. The van der Waals surface area contributed by atoms with Crippen molar-refractivity contribution >= 4 is 22.8 Å². The normalized spacial score (nSPS) is 17.0. The van der Waals surface area contributed by atoms with E-state index in [-0.39, 0.29) is 5.91 Å². The highest BCUT2D eigenvalue weighted by atomic mass is 16.5. The number of hydrogen-bond acceptors (Lipinski definition) is 5. The van der Waals surface area contributed by atoms with Crippen molar-refractivity contribution in [2.75, 3.05) is 53.9 Å². The first-order valence-corrected chi connectivity index (χ1v) is 8.95. The molecule has 1 saturated heterocycles. The van der Waals surface area contributed by atoms with Gasteiger partial charge in [0.25, 0.3) is 0 Å². The highest BCUT2D eigenvalue weighted by Gasteiger charge is 2.32. The number of hydrogen-bond donors (Lipinski definition) is 2. The smallest absolute Gasteiger partial charge is 0.325 e. The van der Waals surface area contributed by atoms with Gasteiger partial charge in [0.15, 0.2) is 0 Å². The van der Waals surface area contributed by atoms with Gasteiger partial charge in [0, 0.05) is 62.9 Å². The average molecular weight is 374 g/mol. The molecular formula is C19H26N4O4. The van der Waals surface area contributed by atoms with Gasteiger partial charge in [0.1, 0.15) is 11.8 Å². The van der Waals surface area contributed by atoms with E-state index in [1.165, 1.54) is 0 Å². The van der Waals surface area contributed by atoms with Crippen molar-refractivity contribution in [2.24, 2.45) is 0 Å². The molecule has 0 saturated carbocycles. The number of nitrogens with one attached hydrogen (secondary N) is 1. The molecule has 1 aliphatic rings. The SMILES string of the molecule is COc1ccc2[nH]cc([C@H](C(=O)O)N3CCN(CC(=O)N(C)C)CC3)c2c1. The molecule has 146 valence electrons. The maximum Gasteiger partial charge on any atom is 0.325 e. The fourth-order valence-corrected chi connectivity index (χ4v) is 3.47. The van der Waals surface area contributed by atoms with E-state index in [0.29, 0.717) is 38.5 Å². The Morgan fingerprint density at radius 2 is 1.96 bits per heavy atom. The highest BCUT2D eigenvalue weighted by molar-refractivity contribution is 5.90. The van der Waals surface area contributed by atoms with Crippen LogP contribution in [-0.4, -0.2) is 90.6 Å². The van der Waals surface area contributed by atoms with Gasteiger partial charge in [0.2, 0.25) is 5.91 Å². The number of methoxy groups -OCH3 is 1. The molecule has 0 spiro atoms. The Morgan fingerprint density at radius 3 is 2.56 bits per heavy atom. The van der Waals surface area contributed by atoms with E-state index in [1.54, 1.807) is 32.3 Å². The third-order valence-corrected chi connectivity index (χ3v) is 5.08. The summed E-state index contributed by atoms with van der Waals surface area (Å²) < 4.78 is 5.29. The van der Waals surface area contributed by atoms with Crippen LogP contribution < -0.4 is 4.74 Å². The second-order valence-corrected chi connectivity index (χ2v) is 7.00.